The quantitative estimate of drug-likeness (QED) is 0.759. The topological polar surface area (TPSA) is 18.8 Å². The maximum absolute atomic E-state index is 6.08. The van der Waals surface area contributed by atoms with Gasteiger partial charge in [-0.2, -0.15) is 5.10 Å². The van der Waals surface area contributed by atoms with E-state index in [1.165, 1.54) is 5.69 Å². The Bertz CT molecular complexity index is 693. The van der Waals surface area contributed by atoms with Crippen molar-refractivity contribution < 1.29 is 0 Å². The van der Waals surface area contributed by atoms with Crippen molar-refractivity contribution >= 4 is 34.6 Å². The van der Waals surface area contributed by atoms with Crippen molar-refractivity contribution in [2.45, 2.75) is 6.92 Å². The molecule has 120 valence electrons. The molecular weight excluding hydrogens is 329 g/mol. The summed E-state index contributed by atoms with van der Waals surface area (Å²) >= 11 is 12.0. The second kappa shape index (κ2) is 7.24. The highest BCUT2D eigenvalue weighted by molar-refractivity contribution is 6.42. The van der Waals surface area contributed by atoms with E-state index in [4.69, 9.17) is 28.3 Å². The molecular formula is C18H19Cl2N3. The number of benzene rings is 2. The van der Waals surface area contributed by atoms with Crippen LogP contribution in [0.4, 0.5) is 5.69 Å². The molecule has 0 bridgehead atoms. The number of hydrogen-bond acceptors (Lipinski definition) is 3. The molecule has 0 saturated carbocycles. The lowest BCUT2D eigenvalue weighted by Crippen LogP contribution is -2.44. The molecule has 1 aliphatic heterocycles. The minimum Gasteiger partial charge on any atom is -0.368 e. The second-order valence-corrected chi connectivity index (χ2v) is 6.40. The van der Waals surface area contributed by atoms with Crippen LogP contribution in [-0.2, 0) is 0 Å². The Kier molecular flexibility index (Phi) is 5.09. The lowest BCUT2D eigenvalue weighted by atomic mass is 10.1. The molecule has 1 aliphatic rings. The second-order valence-electron chi connectivity index (χ2n) is 5.59. The van der Waals surface area contributed by atoms with E-state index in [1.807, 2.05) is 31.2 Å². The van der Waals surface area contributed by atoms with Crippen LogP contribution in [0.15, 0.2) is 53.6 Å². The fourth-order valence-corrected chi connectivity index (χ4v) is 2.98. The molecule has 0 amide bonds. The van der Waals surface area contributed by atoms with E-state index < -0.39 is 0 Å². The first-order chi connectivity index (χ1) is 11.1. The number of para-hydroxylation sites is 1. The molecule has 0 aliphatic carbocycles. The minimum absolute atomic E-state index is 0.563. The first-order valence-corrected chi connectivity index (χ1v) is 8.44. The summed E-state index contributed by atoms with van der Waals surface area (Å²) < 4.78 is 0. The summed E-state index contributed by atoms with van der Waals surface area (Å²) in [6.07, 6.45) is 0. The van der Waals surface area contributed by atoms with Crippen LogP contribution in [0.25, 0.3) is 0 Å². The van der Waals surface area contributed by atoms with Gasteiger partial charge in [0.15, 0.2) is 0 Å². The van der Waals surface area contributed by atoms with Crippen LogP contribution >= 0.6 is 23.2 Å². The summed E-state index contributed by atoms with van der Waals surface area (Å²) in [7, 11) is 0. The summed E-state index contributed by atoms with van der Waals surface area (Å²) in [4.78, 5) is 2.39. The van der Waals surface area contributed by atoms with E-state index in [1.54, 1.807) is 0 Å². The van der Waals surface area contributed by atoms with E-state index >= 15 is 0 Å². The molecule has 5 heteroatoms. The van der Waals surface area contributed by atoms with Gasteiger partial charge in [-0.1, -0.05) is 47.5 Å². The van der Waals surface area contributed by atoms with E-state index in [0.29, 0.717) is 10.0 Å². The van der Waals surface area contributed by atoms with Crippen LogP contribution < -0.4 is 4.90 Å². The summed E-state index contributed by atoms with van der Waals surface area (Å²) in [5.41, 5.74) is 3.24. The average Bonchev–Trinajstić information content (AvgIpc) is 2.59. The normalized spacial score (nSPS) is 15.9. The van der Waals surface area contributed by atoms with Crippen LogP contribution in [0.1, 0.15) is 12.5 Å². The largest absolute Gasteiger partial charge is 0.368 e. The van der Waals surface area contributed by atoms with Crippen molar-refractivity contribution in [1.82, 2.24) is 5.01 Å². The van der Waals surface area contributed by atoms with Gasteiger partial charge >= 0.3 is 0 Å². The Morgan fingerprint density at radius 1 is 0.913 bits per heavy atom. The van der Waals surface area contributed by atoms with Gasteiger partial charge in [0.25, 0.3) is 0 Å². The number of hydrazone groups is 1. The summed E-state index contributed by atoms with van der Waals surface area (Å²) in [5, 5.41) is 7.98. The standard InChI is InChI=1S/C18H19Cl2N3/c1-14(15-7-8-17(19)18(20)13-15)21-23-11-9-22(10-12-23)16-5-3-2-4-6-16/h2-8,13H,9-12H2,1H3/b21-14-. The summed E-state index contributed by atoms with van der Waals surface area (Å²) in [6.45, 7) is 5.77. The van der Waals surface area contributed by atoms with Crippen molar-refractivity contribution in [3.63, 3.8) is 0 Å². The molecule has 0 N–H and O–H groups in total. The molecule has 0 atom stereocenters. The van der Waals surface area contributed by atoms with Gasteiger partial charge in [0, 0.05) is 18.8 Å². The first kappa shape index (κ1) is 16.2. The average molecular weight is 348 g/mol. The minimum atomic E-state index is 0.563. The van der Waals surface area contributed by atoms with Crippen LogP contribution in [0, 0.1) is 0 Å². The molecule has 2 aromatic rings. The van der Waals surface area contributed by atoms with E-state index in [0.717, 1.165) is 37.5 Å². The first-order valence-electron chi connectivity index (χ1n) is 7.69. The molecule has 1 fully saturated rings. The van der Waals surface area contributed by atoms with Gasteiger partial charge in [0.2, 0.25) is 0 Å². The number of hydrogen-bond donors (Lipinski definition) is 0. The number of anilines is 1. The highest BCUT2D eigenvalue weighted by Crippen LogP contribution is 2.23. The Balaban J connectivity index is 1.64. The fourth-order valence-electron chi connectivity index (χ4n) is 2.68. The van der Waals surface area contributed by atoms with Gasteiger partial charge in [-0.15, -0.1) is 0 Å². The molecule has 3 nitrogen and oxygen atoms in total. The highest BCUT2D eigenvalue weighted by Gasteiger charge is 2.16. The third kappa shape index (κ3) is 3.98. The summed E-state index contributed by atoms with van der Waals surface area (Å²) in [5.74, 6) is 0. The zero-order valence-corrected chi connectivity index (χ0v) is 14.6. The van der Waals surface area contributed by atoms with Crippen molar-refractivity contribution in [3.05, 3.63) is 64.1 Å². The lowest BCUT2D eigenvalue weighted by molar-refractivity contribution is 0.270. The Morgan fingerprint density at radius 3 is 2.26 bits per heavy atom. The molecule has 1 saturated heterocycles. The highest BCUT2D eigenvalue weighted by atomic mass is 35.5. The Morgan fingerprint density at radius 2 is 1.61 bits per heavy atom. The zero-order chi connectivity index (χ0) is 16.2. The van der Waals surface area contributed by atoms with Crippen LogP contribution in [-0.4, -0.2) is 36.9 Å². The molecule has 3 rings (SSSR count). The molecule has 0 radical (unpaired) electrons. The van der Waals surface area contributed by atoms with Gasteiger partial charge in [-0.05, 0) is 36.8 Å². The van der Waals surface area contributed by atoms with Gasteiger partial charge in [0.1, 0.15) is 0 Å². The van der Waals surface area contributed by atoms with E-state index in [-0.39, 0.29) is 0 Å². The van der Waals surface area contributed by atoms with Crippen LogP contribution in [0.3, 0.4) is 0 Å². The van der Waals surface area contributed by atoms with E-state index in [9.17, 15) is 0 Å². The molecule has 1 heterocycles. The van der Waals surface area contributed by atoms with Crippen LogP contribution in [0.2, 0.25) is 10.0 Å². The van der Waals surface area contributed by atoms with Crippen molar-refractivity contribution in [2.24, 2.45) is 5.10 Å². The maximum Gasteiger partial charge on any atom is 0.0647 e. The molecule has 0 spiro atoms. The number of piperazine rings is 1. The molecule has 0 unspecified atom stereocenters. The lowest BCUT2D eigenvalue weighted by Gasteiger charge is -2.34. The van der Waals surface area contributed by atoms with Crippen molar-refractivity contribution in [2.75, 3.05) is 31.1 Å². The fraction of sp³-hybridized carbons (Fsp3) is 0.278. The summed E-state index contributed by atoms with van der Waals surface area (Å²) in [6, 6.07) is 16.1. The number of nitrogens with zero attached hydrogens (tertiary/aromatic N) is 3. The van der Waals surface area contributed by atoms with Gasteiger partial charge < -0.3 is 4.90 Å². The molecule has 23 heavy (non-hydrogen) atoms. The third-order valence-corrected chi connectivity index (χ3v) is 4.75. The van der Waals surface area contributed by atoms with Crippen molar-refractivity contribution in [1.29, 1.82) is 0 Å². The van der Waals surface area contributed by atoms with Gasteiger partial charge in [-0.25, -0.2) is 0 Å². The predicted molar refractivity (Wildman–Crippen MR) is 98.9 cm³/mol. The van der Waals surface area contributed by atoms with E-state index in [2.05, 4.69) is 34.2 Å². The van der Waals surface area contributed by atoms with Crippen molar-refractivity contribution in [3.8, 4) is 0 Å². The predicted octanol–water partition coefficient (Wildman–Crippen LogP) is 4.54. The maximum atomic E-state index is 6.08. The van der Waals surface area contributed by atoms with Gasteiger partial charge in [-0.3, -0.25) is 5.01 Å². The number of rotatable bonds is 3. The third-order valence-electron chi connectivity index (χ3n) is 4.01. The van der Waals surface area contributed by atoms with Gasteiger partial charge in [0.05, 0.1) is 28.8 Å². The molecule has 2 aromatic carbocycles. The smallest absolute Gasteiger partial charge is 0.0647 e. The zero-order valence-electron chi connectivity index (χ0n) is 13.0. The Hall–Kier alpha value is -1.71. The Labute approximate surface area is 147 Å². The number of halogens is 2. The monoisotopic (exact) mass is 347 g/mol. The van der Waals surface area contributed by atoms with Crippen LogP contribution in [0.5, 0.6) is 0 Å². The molecule has 0 aromatic heterocycles. The SMILES string of the molecule is C/C(=N/N1CCN(c2ccccc2)CC1)c1ccc(Cl)c(Cl)c1.